The fourth-order valence-corrected chi connectivity index (χ4v) is 7.35. The van der Waals surface area contributed by atoms with Gasteiger partial charge in [0, 0.05) is 34.6 Å². The maximum absolute atomic E-state index is 14.8. The van der Waals surface area contributed by atoms with Crippen molar-refractivity contribution in [2.45, 2.75) is 50.2 Å². The minimum atomic E-state index is -4.28. The Kier molecular flexibility index (Phi) is 12.8. The van der Waals surface area contributed by atoms with Crippen molar-refractivity contribution in [2.24, 2.45) is 0 Å². The lowest BCUT2D eigenvalue weighted by Crippen LogP contribution is -2.54. The van der Waals surface area contributed by atoms with Crippen molar-refractivity contribution >= 4 is 50.7 Å². The molecular weight excluding hydrogens is 705 g/mol. The summed E-state index contributed by atoms with van der Waals surface area (Å²) in [4.78, 5) is 30.2. The number of amides is 2. The first-order valence-electron chi connectivity index (χ1n) is 16.5. The zero-order valence-electron chi connectivity index (χ0n) is 28.3. The molecule has 0 spiro atoms. The van der Waals surface area contributed by atoms with E-state index >= 15 is 0 Å². The van der Waals surface area contributed by atoms with Crippen LogP contribution < -0.4 is 14.4 Å². The summed E-state index contributed by atoms with van der Waals surface area (Å²) < 4.78 is 35.6. The highest BCUT2D eigenvalue weighted by Crippen LogP contribution is 2.30. The lowest BCUT2D eigenvalue weighted by Gasteiger charge is -2.34. The Morgan fingerprint density at radius 3 is 1.88 bits per heavy atom. The minimum Gasteiger partial charge on any atom is -0.457 e. The number of carbonyl (C=O) groups excluding carboxylic acids is 2. The van der Waals surface area contributed by atoms with Gasteiger partial charge in [-0.15, -0.1) is 0 Å². The smallest absolute Gasteiger partial charge is 0.264 e. The topological polar surface area (TPSA) is 96.0 Å². The number of anilines is 1. The average molecular weight is 745 g/mol. The second-order valence-corrected chi connectivity index (χ2v) is 14.7. The molecule has 0 aromatic heterocycles. The van der Waals surface area contributed by atoms with Crippen molar-refractivity contribution in [3.63, 3.8) is 0 Å². The van der Waals surface area contributed by atoms with Gasteiger partial charge in [0.15, 0.2) is 0 Å². The molecule has 264 valence electrons. The molecule has 0 unspecified atom stereocenters. The van der Waals surface area contributed by atoms with Gasteiger partial charge in [0.25, 0.3) is 10.0 Å². The van der Waals surface area contributed by atoms with E-state index in [0.717, 1.165) is 9.87 Å². The van der Waals surface area contributed by atoms with Gasteiger partial charge in [-0.05, 0) is 79.6 Å². The van der Waals surface area contributed by atoms with Crippen molar-refractivity contribution in [2.75, 3.05) is 10.8 Å². The van der Waals surface area contributed by atoms with E-state index in [1.807, 2.05) is 74.5 Å². The number of para-hydroxylation sites is 1. The van der Waals surface area contributed by atoms with Crippen LogP contribution >= 0.6 is 23.2 Å². The van der Waals surface area contributed by atoms with Gasteiger partial charge in [-0.25, -0.2) is 8.42 Å². The van der Waals surface area contributed by atoms with Gasteiger partial charge in [0.1, 0.15) is 24.1 Å². The van der Waals surface area contributed by atoms with Gasteiger partial charge >= 0.3 is 0 Å². The summed E-state index contributed by atoms with van der Waals surface area (Å²) in [5.74, 6) is 0.0797. The number of nitrogens with one attached hydrogen (secondary N) is 1. The molecule has 51 heavy (non-hydrogen) atoms. The molecule has 0 heterocycles. The number of hydrogen-bond acceptors (Lipinski definition) is 5. The molecule has 11 heteroatoms. The van der Waals surface area contributed by atoms with Crippen LogP contribution in [0, 0.1) is 0 Å². The van der Waals surface area contributed by atoms with Crippen LogP contribution in [0.2, 0.25) is 10.0 Å². The average Bonchev–Trinajstić information content (AvgIpc) is 3.14. The van der Waals surface area contributed by atoms with Crippen LogP contribution in [0.5, 0.6) is 11.5 Å². The Bertz CT molecular complexity index is 2000. The van der Waals surface area contributed by atoms with Crippen LogP contribution in [0.4, 0.5) is 5.69 Å². The molecule has 5 aromatic carbocycles. The largest absolute Gasteiger partial charge is 0.457 e. The Morgan fingerprint density at radius 2 is 1.29 bits per heavy atom. The monoisotopic (exact) mass is 743 g/mol. The maximum atomic E-state index is 14.8. The van der Waals surface area contributed by atoms with Crippen LogP contribution in [0.1, 0.15) is 31.4 Å². The molecule has 1 N–H and O–H groups in total. The molecular formula is C40H39Cl2N3O5S. The molecule has 8 nitrogen and oxygen atoms in total. The van der Waals surface area contributed by atoms with Crippen molar-refractivity contribution in [1.82, 2.24) is 10.2 Å². The molecule has 5 aromatic rings. The number of benzene rings is 5. The van der Waals surface area contributed by atoms with E-state index in [9.17, 15) is 18.0 Å². The lowest BCUT2D eigenvalue weighted by atomic mass is 10.0. The number of halogens is 2. The molecule has 2 atom stereocenters. The van der Waals surface area contributed by atoms with Gasteiger partial charge < -0.3 is 15.0 Å². The summed E-state index contributed by atoms with van der Waals surface area (Å²) >= 11 is 13.2. The first kappa shape index (κ1) is 37.4. The summed E-state index contributed by atoms with van der Waals surface area (Å²) in [6.45, 7) is 3.06. The van der Waals surface area contributed by atoms with E-state index in [0.29, 0.717) is 33.5 Å². The van der Waals surface area contributed by atoms with Gasteiger partial charge in [-0.1, -0.05) is 103 Å². The third-order valence-electron chi connectivity index (χ3n) is 8.38. The number of nitrogens with zero attached hydrogens (tertiary/aromatic N) is 2. The Hall–Kier alpha value is -4.83. The summed E-state index contributed by atoms with van der Waals surface area (Å²) in [7, 11) is -4.28. The molecule has 0 bridgehead atoms. The van der Waals surface area contributed by atoms with Crippen molar-refractivity contribution in [3.05, 3.63) is 155 Å². The molecule has 2 amide bonds. The highest BCUT2D eigenvalue weighted by molar-refractivity contribution is 7.92. The first-order chi connectivity index (χ1) is 24.6. The van der Waals surface area contributed by atoms with Crippen LogP contribution in [-0.2, 0) is 32.6 Å². The zero-order valence-corrected chi connectivity index (χ0v) is 30.6. The number of hydrogen-bond donors (Lipinski definition) is 1. The third-order valence-corrected chi connectivity index (χ3v) is 10.9. The van der Waals surface area contributed by atoms with E-state index in [1.165, 1.54) is 17.0 Å². The van der Waals surface area contributed by atoms with Gasteiger partial charge in [0.05, 0.1) is 10.6 Å². The predicted octanol–water partition coefficient (Wildman–Crippen LogP) is 8.54. The summed E-state index contributed by atoms with van der Waals surface area (Å²) in [5, 5.41) is 3.64. The van der Waals surface area contributed by atoms with Crippen molar-refractivity contribution in [1.29, 1.82) is 0 Å². The van der Waals surface area contributed by atoms with E-state index < -0.39 is 28.5 Å². The van der Waals surface area contributed by atoms with E-state index in [-0.39, 0.29) is 35.5 Å². The van der Waals surface area contributed by atoms with E-state index in [1.54, 1.807) is 60.7 Å². The molecule has 0 fully saturated rings. The maximum Gasteiger partial charge on any atom is 0.264 e. The molecule has 0 aliphatic rings. The second kappa shape index (κ2) is 17.4. The number of carbonyl (C=O) groups is 2. The Morgan fingerprint density at radius 1 is 0.745 bits per heavy atom. The van der Waals surface area contributed by atoms with Crippen LogP contribution in [0.25, 0.3) is 0 Å². The molecule has 0 aliphatic carbocycles. The van der Waals surface area contributed by atoms with Gasteiger partial charge in [0.2, 0.25) is 11.8 Å². The van der Waals surface area contributed by atoms with Crippen molar-refractivity contribution < 1.29 is 22.7 Å². The quantitative estimate of drug-likeness (QED) is 0.116. The number of rotatable bonds is 15. The SMILES string of the molecule is CC[C@H](C)NC(=O)[C@@H](Cc1ccccc1)N(Cc1c(Cl)cccc1Cl)C(=O)CN(c1ccc(Oc2ccccc2)cc1)S(=O)(=O)c1ccccc1. The fraction of sp³-hybridized carbons (Fsp3) is 0.200. The molecule has 0 saturated carbocycles. The van der Waals surface area contributed by atoms with Crippen molar-refractivity contribution in [3.8, 4) is 11.5 Å². The van der Waals surface area contributed by atoms with Gasteiger partial charge in [-0.2, -0.15) is 0 Å². The van der Waals surface area contributed by atoms with E-state index in [4.69, 9.17) is 27.9 Å². The number of ether oxygens (including phenoxy) is 1. The molecule has 0 radical (unpaired) electrons. The summed E-state index contributed by atoms with van der Waals surface area (Å²) in [6, 6.07) is 36.6. The number of sulfonamides is 1. The Balaban J connectivity index is 1.58. The lowest BCUT2D eigenvalue weighted by molar-refractivity contribution is -0.140. The third kappa shape index (κ3) is 9.70. The first-order valence-corrected chi connectivity index (χ1v) is 18.7. The van der Waals surface area contributed by atoms with E-state index in [2.05, 4.69) is 5.32 Å². The van der Waals surface area contributed by atoms with Crippen LogP contribution in [0.15, 0.2) is 138 Å². The summed E-state index contributed by atoms with van der Waals surface area (Å²) in [6.07, 6.45) is 0.828. The Labute approximate surface area is 309 Å². The second-order valence-electron chi connectivity index (χ2n) is 12.0. The molecule has 0 aliphatic heterocycles. The standard InChI is InChI=1S/C40H39Cl2N3O5S/c1-3-29(2)43-40(47)38(26-30-14-7-4-8-15-30)44(27-35-36(41)20-13-21-37(35)42)39(46)28-45(51(48,49)34-18-11-6-12-19-34)31-22-24-33(25-23-31)50-32-16-9-5-10-17-32/h4-25,29,38H,3,26-28H2,1-2H3,(H,43,47)/t29-,38+/m0/s1. The fourth-order valence-electron chi connectivity index (χ4n) is 5.40. The highest BCUT2D eigenvalue weighted by Gasteiger charge is 2.35. The zero-order chi connectivity index (χ0) is 36.4. The van der Waals surface area contributed by atoms with Gasteiger partial charge in [-0.3, -0.25) is 13.9 Å². The predicted molar refractivity (Wildman–Crippen MR) is 203 cm³/mol. The minimum absolute atomic E-state index is 0.00143. The normalized spacial score (nSPS) is 12.4. The summed E-state index contributed by atoms with van der Waals surface area (Å²) in [5.41, 5.74) is 1.48. The molecule has 0 saturated heterocycles. The highest BCUT2D eigenvalue weighted by atomic mass is 35.5. The van der Waals surface area contributed by atoms with Crippen LogP contribution in [0.3, 0.4) is 0 Å². The molecule has 5 rings (SSSR count). The van der Waals surface area contributed by atoms with Crippen LogP contribution in [-0.4, -0.2) is 43.8 Å².